The molecule has 0 spiro atoms. The minimum Gasteiger partial charge on any atom is -0.493 e. The first kappa shape index (κ1) is 16.7. The molecule has 2 heterocycles. The molecule has 0 bridgehead atoms. The fraction of sp³-hybridized carbons (Fsp3) is 0.412. The van der Waals surface area contributed by atoms with Crippen molar-refractivity contribution in [3.05, 3.63) is 35.5 Å². The number of carbonyl (C=O) groups is 1. The van der Waals surface area contributed by atoms with Crippen molar-refractivity contribution in [2.75, 3.05) is 18.2 Å². The van der Waals surface area contributed by atoms with Crippen LogP contribution in [0.1, 0.15) is 30.2 Å². The van der Waals surface area contributed by atoms with E-state index in [-0.39, 0.29) is 17.3 Å². The van der Waals surface area contributed by atoms with Crippen molar-refractivity contribution in [3.8, 4) is 11.5 Å². The van der Waals surface area contributed by atoms with Gasteiger partial charge in [-0.1, -0.05) is 6.07 Å². The van der Waals surface area contributed by atoms with E-state index in [1.807, 2.05) is 45.3 Å². The van der Waals surface area contributed by atoms with Crippen LogP contribution in [-0.4, -0.2) is 34.7 Å². The SMILES string of the molecule is COc1ccc([C@H]2SCC(=O)Nc3c2cnn3C)cc1OC(C)C. The standard InChI is InChI=1S/C17H21N3O3S/c1-10(2)23-14-7-11(5-6-13(14)22-4)16-12-8-18-20(3)17(12)19-15(21)9-24-16/h5-8,10,16H,9H2,1-4H3,(H,19,21)/t16-/m1/s1. The average molecular weight is 347 g/mol. The van der Waals surface area contributed by atoms with Gasteiger partial charge in [0.1, 0.15) is 5.82 Å². The Hall–Kier alpha value is -2.15. The maximum absolute atomic E-state index is 12.0. The third kappa shape index (κ3) is 3.21. The summed E-state index contributed by atoms with van der Waals surface area (Å²) in [6, 6.07) is 5.91. The van der Waals surface area contributed by atoms with Crippen LogP contribution in [0.5, 0.6) is 11.5 Å². The van der Waals surface area contributed by atoms with Crippen LogP contribution in [-0.2, 0) is 11.8 Å². The van der Waals surface area contributed by atoms with Crippen molar-refractivity contribution < 1.29 is 14.3 Å². The van der Waals surface area contributed by atoms with Gasteiger partial charge in [-0.25, -0.2) is 0 Å². The number of ether oxygens (including phenoxy) is 2. The molecule has 1 N–H and O–H groups in total. The Labute approximate surface area is 145 Å². The minimum absolute atomic E-state index is 0.00747. The van der Waals surface area contributed by atoms with Gasteiger partial charge in [0.2, 0.25) is 5.91 Å². The van der Waals surface area contributed by atoms with Crippen LogP contribution in [0.2, 0.25) is 0 Å². The molecule has 1 atom stereocenters. The minimum atomic E-state index is -0.0143. The molecule has 0 radical (unpaired) electrons. The van der Waals surface area contributed by atoms with Crippen molar-refractivity contribution in [3.63, 3.8) is 0 Å². The van der Waals surface area contributed by atoms with Crippen LogP contribution in [0.25, 0.3) is 0 Å². The lowest BCUT2D eigenvalue weighted by Crippen LogP contribution is -2.15. The number of hydrogen-bond acceptors (Lipinski definition) is 5. The summed E-state index contributed by atoms with van der Waals surface area (Å²) in [6.07, 6.45) is 1.86. The number of rotatable bonds is 4. The molecule has 1 aliphatic heterocycles. The van der Waals surface area contributed by atoms with Crippen LogP contribution >= 0.6 is 11.8 Å². The number of thioether (sulfide) groups is 1. The zero-order valence-corrected chi connectivity index (χ0v) is 15.0. The lowest BCUT2D eigenvalue weighted by atomic mass is 10.1. The Morgan fingerprint density at radius 2 is 2.17 bits per heavy atom. The molecule has 2 aromatic rings. The number of benzene rings is 1. The van der Waals surface area contributed by atoms with Crippen LogP contribution in [0.15, 0.2) is 24.4 Å². The van der Waals surface area contributed by atoms with Crippen LogP contribution in [0.4, 0.5) is 5.82 Å². The average Bonchev–Trinajstić information content (AvgIpc) is 2.79. The zero-order chi connectivity index (χ0) is 17.3. The fourth-order valence-corrected chi connectivity index (χ4v) is 3.78. The highest BCUT2D eigenvalue weighted by Crippen LogP contribution is 2.43. The Morgan fingerprint density at radius 1 is 1.38 bits per heavy atom. The lowest BCUT2D eigenvalue weighted by molar-refractivity contribution is -0.113. The highest BCUT2D eigenvalue weighted by Gasteiger charge is 2.27. The molecule has 0 saturated carbocycles. The molecule has 7 heteroatoms. The summed E-state index contributed by atoms with van der Waals surface area (Å²) in [6.45, 7) is 3.96. The summed E-state index contributed by atoms with van der Waals surface area (Å²) in [5.74, 6) is 2.54. The van der Waals surface area contributed by atoms with Gasteiger partial charge in [0.05, 0.1) is 30.4 Å². The normalized spacial score (nSPS) is 17.2. The summed E-state index contributed by atoms with van der Waals surface area (Å²) < 4.78 is 13.0. The van der Waals surface area contributed by atoms with Gasteiger partial charge in [0, 0.05) is 12.6 Å². The molecule has 1 aromatic carbocycles. The lowest BCUT2D eigenvalue weighted by Gasteiger charge is -2.18. The van der Waals surface area contributed by atoms with E-state index in [1.165, 1.54) is 0 Å². The Balaban J connectivity index is 2.03. The van der Waals surface area contributed by atoms with Crippen molar-refractivity contribution in [1.82, 2.24) is 9.78 Å². The number of amides is 1. The molecule has 128 valence electrons. The number of hydrogen-bond donors (Lipinski definition) is 1. The summed E-state index contributed by atoms with van der Waals surface area (Å²) in [4.78, 5) is 12.0. The monoisotopic (exact) mass is 347 g/mol. The number of anilines is 1. The number of nitrogens with one attached hydrogen (secondary N) is 1. The van der Waals surface area contributed by atoms with Crippen molar-refractivity contribution in [2.24, 2.45) is 7.05 Å². The maximum atomic E-state index is 12.0. The number of methoxy groups -OCH3 is 1. The van der Waals surface area contributed by atoms with E-state index < -0.39 is 0 Å². The van der Waals surface area contributed by atoms with Gasteiger partial charge >= 0.3 is 0 Å². The summed E-state index contributed by atoms with van der Waals surface area (Å²) in [5.41, 5.74) is 2.05. The molecular formula is C17H21N3O3S. The Morgan fingerprint density at radius 3 is 2.88 bits per heavy atom. The predicted octanol–water partition coefficient (Wildman–Crippen LogP) is 2.99. The van der Waals surface area contributed by atoms with E-state index in [9.17, 15) is 4.79 Å². The number of aryl methyl sites for hydroxylation is 1. The largest absolute Gasteiger partial charge is 0.493 e. The molecule has 0 aliphatic carbocycles. The van der Waals surface area contributed by atoms with E-state index >= 15 is 0 Å². The summed E-state index contributed by atoms with van der Waals surface area (Å²) in [5, 5.41) is 7.22. The van der Waals surface area contributed by atoms with Gasteiger partial charge in [0.15, 0.2) is 11.5 Å². The molecule has 0 saturated heterocycles. The zero-order valence-electron chi connectivity index (χ0n) is 14.2. The first-order valence-corrected chi connectivity index (χ1v) is 8.82. The second-order valence-electron chi connectivity index (χ2n) is 5.89. The number of fused-ring (bicyclic) bond motifs is 1. The quantitative estimate of drug-likeness (QED) is 0.921. The van der Waals surface area contributed by atoms with Gasteiger partial charge in [-0.3, -0.25) is 9.48 Å². The molecule has 6 nitrogen and oxygen atoms in total. The summed E-state index contributed by atoms with van der Waals surface area (Å²) >= 11 is 1.58. The second-order valence-corrected chi connectivity index (χ2v) is 6.98. The number of nitrogens with zero attached hydrogens (tertiary/aromatic N) is 2. The van der Waals surface area contributed by atoms with Crippen molar-refractivity contribution >= 4 is 23.5 Å². The second kappa shape index (κ2) is 6.76. The summed E-state index contributed by atoms with van der Waals surface area (Å²) in [7, 11) is 3.46. The van der Waals surface area contributed by atoms with E-state index in [1.54, 1.807) is 23.6 Å². The van der Waals surface area contributed by atoms with Gasteiger partial charge in [-0.2, -0.15) is 5.10 Å². The molecule has 0 fully saturated rings. The predicted molar refractivity (Wildman–Crippen MR) is 94.9 cm³/mol. The molecule has 0 unspecified atom stereocenters. The van der Waals surface area contributed by atoms with E-state index in [0.717, 1.165) is 16.9 Å². The smallest absolute Gasteiger partial charge is 0.235 e. The van der Waals surface area contributed by atoms with Gasteiger partial charge in [-0.15, -0.1) is 11.8 Å². The Bertz CT molecular complexity index is 758. The maximum Gasteiger partial charge on any atom is 0.235 e. The van der Waals surface area contributed by atoms with E-state index in [2.05, 4.69) is 10.4 Å². The van der Waals surface area contributed by atoms with Crippen molar-refractivity contribution in [2.45, 2.75) is 25.2 Å². The van der Waals surface area contributed by atoms with Crippen LogP contribution in [0, 0.1) is 0 Å². The highest BCUT2D eigenvalue weighted by molar-refractivity contribution is 8.00. The molecule has 1 amide bonds. The van der Waals surface area contributed by atoms with Crippen LogP contribution in [0.3, 0.4) is 0 Å². The molecular weight excluding hydrogens is 326 g/mol. The highest BCUT2D eigenvalue weighted by atomic mass is 32.2. The molecule has 24 heavy (non-hydrogen) atoms. The molecule has 1 aromatic heterocycles. The number of carbonyl (C=O) groups excluding carboxylic acids is 1. The topological polar surface area (TPSA) is 65.4 Å². The van der Waals surface area contributed by atoms with E-state index in [0.29, 0.717) is 17.3 Å². The van der Waals surface area contributed by atoms with Gasteiger partial charge in [-0.05, 0) is 31.5 Å². The Kier molecular flexibility index (Phi) is 4.71. The molecule has 1 aliphatic rings. The molecule has 3 rings (SSSR count). The van der Waals surface area contributed by atoms with E-state index in [4.69, 9.17) is 9.47 Å². The first-order valence-electron chi connectivity index (χ1n) is 7.77. The number of aromatic nitrogens is 2. The third-order valence-corrected chi connectivity index (χ3v) is 5.03. The fourth-order valence-electron chi connectivity index (χ4n) is 2.69. The van der Waals surface area contributed by atoms with Gasteiger partial charge in [0.25, 0.3) is 0 Å². The first-order chi connectivity index (χ1) is 11.5. The van der Waals surface area contributed by atoms with Gasteiger partial charge < -0.3 is 14.8 Å². The third-order valence-electron chi connectivity index (χ3n) is 3.74. The van der Waals surface area contributed by atoms with Crippen molar-refractivity contribution in [1.29, 1.82) is 0 Å². The van der Waals surface area contributed by atoms with Crippen LogP contribution < -0.4 is 14.8 Å².